The van der Waals surface area contributed by atoms with Gasteiger partial charge in [0.15, 0.2) is 0 Å². The van der Waals surface area contributed by atoms with Crippen LogP contribution in [0.1, 0.15) is 44.5 Å². The zero-order valence-electron chi connectivity index (χ0n) is 17.3. The highest BCUT2D eigenvalue weighted by molar-refractivity contribution is 7.10. The average Bonchev–Trinajstić information content (AvgIpc) is 3.33. The summed E-state index contributed by atoms with van der Waals surface area (Å²) in [7, 11) is 3.75. The third kappa shape index (κ3) is 4.41. The Bertz CT molecular complexity index is 991. The van der Waals surface area contributed by atoms with Crippen LogP contribution < -0.4 is 0 Å². The summed E-state index contributed by atoms with van der Waals surface area (Å²) < 4.78 is 1.76. The van der Waals surface area contributed by atoms with Gasteiger partial charge in [-0.15, -0.1) is 11.3 Å². The van der Waals surface area contributed by atoms with E-state index < -0.39 is 0 Å². The average molecular weight is 410 g/mol. The Kier molecular flexibility index (Phi) is 5.78. The summed E-state index contributed by atoms with van der Waals surface area (Å²) in [5.74, 6) is 0.0941. The molecule has 0 saturated carbocycles. The number of carbonyl (C=O) groups is 1. The first kappa shape index (κ1) is 19.8. The Labute approximate surface area is 175 Å². The summed E-state index contributed by atoms with van der Waals surface area (Å²) in [5.41, 5.74) is 5.51. The maximum absolute atomic E-state index is 13.0. The highest BCUT2D eigenvalue weighted by Gasteiger charge is 2.25. The Morgan fingerprint density at radius 1 is 1.28 bits per heavy atom. The van der Waals surface area contributed by atoms with Crippen molar-refractivity contribution >= 4 is 17.2 Å². The van der Waals surface area contributed by atoms with E-state index in [1.54, 1.807) is 20.9 Å². The molecule has 3 aromatic rings. The quantitative estimate of drug-likeness (QED) is 0.627. The minimum absolute atomic E-state index is 0.0941. The zero-order valence-corrected chi connectivity index (χ0v) is 18.1. The van der Waals surface area contributed by atoms with Crippen molar-refractivity contribution in [2.75, 3.05) is 13.6 Å². The van der Waals surface area contributed by atoms with Crippen LogP contribution in [-0.4, -0.2) is 44.1 Å². The van der Waals surface area contributed by atoms with Crippen molar-refractivity contribution in [1.82, 2.24) is 24.6 Å². The smallest absolute Gasteiger partial charge is 0.255 e. The van der Waals surface area contributed by atoms with E-state index >= 15 is 0 Å². The lowest BCUT2D eigenvalue weighted by molar-refractivity contribution is 0.0783. The van der Waals surface area contributed by atoms with Gasteiger partial charge in [-0.3, -0.25) is 19.4 Å². The summed E-state index contributed by atoms with van der Waals surface area (Å²) in [6.45, 7) is 5.41. The molecule has 0 unspecified atom stereocenters. The number of fused-ring (bicyclic) bond motifs is 1. The molecule has 1 amide bonds. The molecule has 3 aromatic heterocycles. The molecule has 0 saturated heterocycles. The molecule has 6 nitrogen and oxygen atoms in total. The van der Waals surface area contributed by atoms with Crippen molar-refractivity contribution in [3.05, 3.63) is 68.9 Å². The van der Waals surface area contributed by atoms with E-state index in [4.69, 9.17) is 0 Å². The molecule has 0 bridgehead atoms. The van der Waals surface area contributed by atoms with Gasteiger partial charge in [0.1, 0.15) is 0 Å². The topological polar surface area (TPSA) is 54.3 Å². The molecule has 7 heteroatoms. The fraction of sp³-hybridized carbons (Fsp3) is 0.409. The number of rotatable bonds is 6. The maximum atomic E-state index is 13.0. The van der Waals surface area contributed by atoms with Crippen molar-refractivity contribution in [3.8, 4) is 0 Å². The SMILES string of the molecule is CCc1ccc(CN2CCc3c(C(=O)N(C)Cc4cnn(C)c4)csc3C2)nc1. The van der Waals surface area contributed by atoms with Crippen LogP contribution in [0.2, 0.25) is 0 Å². The summed E-state index contributed by atoms with van der Waals surface area (Å²) in [4.78, 5) is 23.1. The molecule has 1 aliphatic rings. The second-order valence-electron chi connectivity index (χ2n) is 7.71. The summed E-state index contributed by atoms with van der Waals surface area (Å²) in [5, 5.41) is 6.22. The molecule has 152 valence electrons. The Morgan fingerprint density at radius 2 is 2.14 bits per heavy atom. The predicted octanol–water partition coefficient (Wildman–Crippen LogP) is 3.27. The van der Waals surface area contributed by atoms with Crippen LogP contribution in [-0.2, 0) is 39.5 Å². The van der Waals surface area contributed by atoms with Gasteiger partial charge in [0.05, 0.1) is 17.5 Å². The molecule has 0 N–H and O–H groups in total. The van der Waals surface area contributed by atoms with Gasteiger partial charge in [-0.1, -0.05) is 13.0 Å². The number of hydrogen-bond acceptors (Lipinski definition) is 5. The van der Waals surface area contributed by atoms with Gasteiger partial charge >= 0.3 is 0 Å². The van der Waals surface area contributed by atoms with E-state index in [1.165, 1.54) is 16.0 Å². The number of nitrogens with zero attached hydrogens (tertiary/aromatic N) is 5. The van der Waals surface area contributed by atoms with Gasteiger partial charge < -0.3 is 4.90 Å². The normalized spacial score (nSPS) is 14.0. The van der Waals surface area contributed by atoms with Crippen molar-refractivity contribution in [3.63, 3.8) is 0 Å². The Hall–Kier alpha value is -2.51. The molecule has 0 radical (unpaired) electrons. The lowest BCUT2D eigenvalue weighted by atomic mass is 10.0. The molecule has 4 heterocycles. The molecule has 0 aromatic carbocycles. The Morgan fingerprint density at radius 3 is 2.83 bits per heavy atom. The highest BCUT2D eigenvalue weighted by Crippen LogP contribution is 2.30. The van der Waals surface area contributed by atoms with E-state index in [-0.39, 0.29) is 5.91 Å². The minimum atomic E-state index is 0.0941. The van der Waals surface area contributed by atoms with Crippen molar-refractivity contribution in [2.24, 2.45) is 7.05 Å². The van der Waals surface area contributed by atoms with Gasteiger partial charge in [-0.25, -0.2) is 0 Å². The van der Waals surface area contributed by atoms with Crippen LogP contribution in [0.25, 0.3) is 0 Å². The molecule has 0 spiro atoms. The van der Waals surface area contributed by atoms with Crippen LogP contribution >= 0.6 is 11.3 Å². The first-order chi connectivity index (χ1) is 14.0. The van der Waals surface area contributed by atoms with Gasteiger partial charge in [0, 0.05) is 68.5 Å². The molecule has 0 atom stereocenters. The molecular weight excluding hydrogens is 382 g/mol. The number of carbonyl (C=O) groups excluding carboxylic acids is 1. The van der Waals surface area contributed by atoms with E-state index in [1.807, 2.05) is 38.1 Å². The molecule has 0 fully saturated rings. The number of aryl methyl sites for hydroxylation is 2. The largest absolute Gasteiger partial charge is 0.337 e. The summed E-state index contributed by atoms with van der Waals surface area (Å²) in [6, 6.07) is 4.29. The molecule has 0 aliphatic carbocycles. The number of hydrogen-bond donors (Lipinski definition) is 0. The van der Waals surface area contributed by atoms with Crippen LogP contribution in [0.5, 0.6) is 0 Å². The van der Waals surface area contributed by atoms with E-state index in [2.05, 4.69) is 34.0 Å². The third-order valence-electron chi connectivity index (χ3n) is 5.46. The lowest BCUT2D eigenvalue weighted by Crippen LogP contribution is -2.31. The second kappa shape index (κ2) is 8.47. The summed E-state index contributed by atoms with van der Waals surface area (Å²) in [6.07, 6.45) is 7.66. The number of aromatic nitrogens is 3. The molecule has 1 aliphatic heterocycles. The van der Waals surface area contributed by atoms with Crippen molar-refractivity contribution in [2.45, 2.75) is 39.4 Å². The number of thiophene rings is 1. The standard InChI is InChI=1S/C22H27N5OS/c1-4-16-5-6-18(23-9-16)13-27-8-7-19-20(15-29-21(19)14-27)22(28)25(2)11-17-10-24-26(3)12-17/h5-6,9-10,12,15H,4,7-8,11,13-14H2,1-3H3. The monoisotopic (exact) mass is 409 g/mol. The molecule has 29 heavy (non-hydrogen) atoms. The van der Waals surface area contributed by atoms with Crippen molar-refractivity contribution in [1.29, 1.82) is 0 Å². The van der Waals surface area contributed by atoms with Crippen molar-refractivity contribution < 1.29 is 4.79 Å². The fourth-order valence-corrected chi connectivity index (χ4v) is 4.90. The van der Waals surface area contributed by atoms with Crippen LogP contribution in [0.3, 0.4) is 0 Å². The van der Waals surface area contributed by atoms with Crippen LogP contribution in [0.15, 0.2) is 36.1 Å². The van der Waals surface area contributed by atoms with Crippen LogP contribution in [0, 0.1) is 0 Å². The third-order valence-corrected chi connectivity index (χ3v) is 6.47. The zero-order chi connectivity index (χ0) is 20.4. The van der Waals surface area contributed by atoms with Crippen LogP contribution in [0.4, 0.5) is 0 Å². The minimum Gasteiger partial charge on any atom is -0.337 e. The highest BCUT2D eigenvalue weighted by atomic mass is 32.1. The molecule has 4 rings (SSSR count). The fourth-order valence-electron chi connectivity index (χ4n) is 3.79. The number of amides is 1. The second-order valence-corrected chi connectivity index (χ2v) is 8.67. The Balaban J connectivity index is 1.41. The van der Waals surface area contributed by atoms with E-state index in [0.717, 1.165) is 49.3 Å². The molecular formula is C22H27N5OS. The lowest BCUT2D eigenvalue weighted by Gasteiger charge is -2.27. The first-order valence-electron chi connectivity index (χ1n) is 10.0. The first-order valence-corrected chi connectivity index (χ1v) is 10.9. The maximum Gasteiger partial charge on any atom is 0.255 e. The summed E-state index contributed by atoms with van der Waals surface area (Å²) >= 11 is 1.70. The van der Waals surface area contributed by atoms with Gasteiger partial charge in [-0.05, 0) is 30.0 Å². The van der Waals surface area contributed by atoms with E-state index in [0.29, 0.717) is 6.54 Å². The van der Waals surface area contributed by atoms with E-state index in [9.17, 15) is 4.79 Å². The number of pyridine rings is 1. The van der Waals surface area contributed by atoms with Gasteiger partial charge in [-0.2, -0.15) is 5.10 Å². The van der Waals surface area contributed by atoms with Gasteiger partial charge in [0.25, 0.3) is 5.91 Å². The van der Waals surface area contributed by atoms with Gasteiger partial charge in [0.2, 0.25) is 0 Å². The predicted molar refractivity (Wildman–Crippen MR) is 115 cm³/mol.